The van der Waals surface area contributed by atoms with E-state index < -0.39 is 0 Å². The number of rotatable bonds is 6. The molecule has 0 spiro atoms. The number of ether oxygens (including phenoxy) is 1. The van der Waals surface area contributed by atoms with Gasteiger partial charge in [-0.1, -0.05) is 18.2 Å². The Morgan fingerprint density at radius 3 is 3.00 bits per heavy atom. The van der Waals surface area contributed by atoms with Crippen LogP contribution in [0.3, 0.4) is 0 Å². The van der Waals surface area contributed by atoms with Crippen LogP contribution in [0.25, 0.3) is 5.76 Å². The molecule has 5 nitrogen and oxygen atoms in total. The Balaban J connectivity index is 2.89. The number of hydrogen-bond acceptors (Lipinski definition) is 5. The Labute approximate surface area is 99.1 Å². The summed E-state index contributed by atoms with van der Waals surface area (Å²) in [7, 11) is 0. The fourth-order valence-electron chi connectivity index (χ4n) is 1.10. The second kappa shape index (κ2) is 6.30. The van der Waals surface area contributed by atoms with Crippen molar-refractivity contribution in [3.05, 3.63) is 23.6 Å². The maximum atomic E-state index is 8.69. The van der Waals surface area contributed by atoms with Crippen molar-refractivity contribution in [3.63, 3.8) is 0 Å². The molecule has 0 saturated carbocycles. The number of nitrogens with zero attached hydrogens (tertiary/aromatic N) is 2. The first-order valence-electron chi connectivity index (χ1n) is 4.88. The monoisotopic (exact) mass is 243 g/mol. The summed E-state index contributed by atoms with van der Waals surface area (Å²) in [5.41, 5.74) is 0.457. The summed E-state index contributed by atoms with van der Waals surface area (Å²) in [6.07, 6.45) is 1.37. The average Bonchev–Trinajstić information content (AvgIpc) is 2.28. The summed E-state index contributed by atoms with van der Waals surface area (Å²) in [5, 5.41) is 11.9. The van der Waals surface area contributed by atoms with E-state index in [4.69, 9.17) is 21.4 Å². The molecule has 88 valence electrons. The van der Waals surface area contributed by atoms with Crippen LogP contribution in [0.5, 0.6) is 0 Å². The minimum Gasteiger partial charge on any atom is -0.492 e. The molecular formula is C10H14ClN3O2. The molecule has 0 bridgehead atoms. The van der Waals surface area contributed by atoms with Crippen molar-refractivity contribution < 1.29 is 9.84 Å². The van der Waals surface area contributed by atoms with Crippen molar-refractivity contribution in [1.82, 2.24) is 9.97 Å². The molecule has 0 fully saturated rings. The Hall–Kier alpha value is -1.33. The normalized spacial score (nSPS) is 9.94. The van der Waals surface area contributed by atoms with Gasteiger partial charge in [-0.25, -0.2) is 9.97 Å². The highest BCUT2D eigenvalue weighted by molar-refractivity contribution is 6.34. The number of aromatic nitrogens is 2. The maximum absolute atomic E-state index is 8.69. The van der Waals surface area contributed by atoms with Gasteiger partial charge in [0, 0.05) is 6.54 Å². The van der Waals surface area contributed by atoms with Gasteiger partial charge in [-0.3, -0.25) is 0 Å². The lowest BCUT2D eigenvalue weighted by molar-refractivity contribution is 0.297. The fraction of sp³-hybridized carbons (Fsp3) is 0.400. The lowest BCUT2D eigenvalue weighted by atomic mass is 10.3. The van der Waals surface area contributed by atoms with E-state index in [0.29, 0.717) is 35.4 Å². The topological polar surface area (TPSA) is 67.3 Å². The molecule has 0 amide bonds. The van der Waals surface area contributed by atoms with Crippen molar-refractivity contribution >= 4 is 23.2 Å². The fourth-order valence-corrected chi connectivity index (χ4v) is 1.37. The molecule has 2 N–H and O–H groups in total. The van der Waals surface area contributed by atoms with E-state index in [2.05, 4.69) is 21.9 Å². The molecule has 0 unspecified atom stereocenters. The smallest absolute Gasteiger partial charge is 0.149 e. The highest BCUT2D eigenvalue weighted by Gasteiger charge is 2.12. The first-order valence-corrected chi connectivity index (χ1v) is 5.25. The predicted octanol–water partition coefficient (Wildman–Crippen LogP) is 1.54. The van der Waals surface area contributed by atoms with Gasteiger partial charge < -0.3 is 15.2 Å². The summed E-state index contributed by atoms with van der Waals surface area (Å²) in [4.78, 5) is 7.95. The highest BCUT2D eigenvalue weighted by atomic mass is 35.5. The zero-order valence-corrected chi connectivity index (χ0v) is 9.79. The van der Waals surface area contributed by atoms with Crippen molar-refractivity contribution in [2.24, 2.45) is 0 Å². The number of nitrogens with one attached hydrogen (secondary N) is 1. The predicted molar refractivity (Wildman–Crippen MR) is 63.3 cm³/mol. The molecular weight excluding hydrogens is 230 g/mol. The first kappa shape index (κ1) is 12.7. The van der Waals surface area contributed by atoms with E-state index in [9.17, 15) is 0 Å². The molecule has 0 aromatic carbocycles. The Bertz CT molecular complexity index is 371. The number of aliphatic hydroxyl groups is 1. The third-order valence-electron chi connectivity index (χ3n) is 1.78. The lowest BCUT2D eigenvalue weighted by Gasteiger charge is -2.10. The van der Waals surface area contributed by atoms with E-state index in [1.165, 1.54) is 6.33 Å². The molecule has 1 rings (SSSR count). The zero-order valence-electron chi connectivity index (χ0n) is 9.03. The van der Waals surface area contributed by atoms with Gasteiger partial charge in [0.2, 0.25) is 0 Å². The molecule has 16 heavy (non-hydrogen) atoms. The van der Waals surface area contributed by atoms with Crippen LogP contribution in [0.4, 0.5) is 5.82 Å². The summed E-state index contributed by atoms with van der Waals surface area (Å²) in [6.45, 7) is 6.45. The Morgan fingerprint density at radius 2 is 2.38 bits per heavy atom. The zero-order chi connectivity index (χ0) is 12.0. The Morgan fingerprint density at radius 1 is 1.62 bits per heavy atom. The quantitative estimate of drug-likeness (QED) is 0.742. The molecule has 0 aliphatic carbocycles. The van der Waals surface area contributed by atoms with Crippen molar-refractivity contribution in [3.8, 4) is 0 Å². The molecule has 0 atom stereocenters. The SMILES string of the molecule is C=C(OCC)c1ncnc(NCCO)c1Cl. The van der Waals surface area contributed by atoms with Crippen molar-refractivity contribution in [2.75, 3.05) is 25.1 Å². The van der Waals surface area contributed by atoms with Crippen LogP contribution in [0.2, 0.25) is 5.02 Å². The van der Waals surface area contributed by atoms with Gasteiger partial charge >= 0.3 is 0 Å². The van der Waals surface area contributed by atoms with Crippen molar-refractivity contribution in [2.45, 2.75) is 6.92 Å². The molecule has 0 aliphatic rings. The third kappa shape index (κ3) is 3.08. The van der Waals surface area contributed by atoms with Gasteiger partial charge in [-0.15, -0.1) is 0 Å². The summed E-state index contributed by atoms with van der Waals surface area (Å²) in [5.74, 6) is 0.864. The summed E-state index contributed by atoms with van der Waals surface area (Å²) >= 11 is 6.07. The van der Waals surface area contributed by atoms with E-state index >= 15 is 0 Å². The van der Waals surface area contributed by atoms with Crippen LogP contribution in [-0.4, -0.2) is 34.8 Å². The third-order valence-corrected chi connectivity index (χ3v) is 2.13. The molecule has 1 heterocycles. The van der Waals surface area contributed by atoms with Crippen molar-refractivity contribution in [1.29, 1.82) is 0 Å². The van der Waals surface area contributed by atoms with Crippen LogP contribution in [0.15, 0.2) is 12.9 Å². The van der Waals surface area contributed by atoms with Gasteiger partial charge in [0.25, 0.3) is 0 Å². The molecule has 0 radical (unpaired) electrons. The number of hydrogen-bond donors (Lipinski definition) is 2. The molecule has 1 aromatic rings. The largest absolute Gasteiger partial charge is 0.492 e. The van der Waals surface area contributed by atoms with Crippen LogP contribution >= 0.6 is 11.6 Å². The van der Waals surface area contributed by atoms with Gasteiger partial charge in [-0.2, -0.15) is 0 Å². The maximum Gasteiger partial charge on any atom is 0.149 e. The minimum atomic E-state index is 0.00206. The summed E-state index contributed by atoms with van der Waals surface area (Å²) in [6, 6.07) is 0. The highest BCUT2D eigenvalue weighted by Crippen LogP contribution is 2.26. The van der Waals surface area contributed by atoms with E-state index in [0.717, 1.165) is 0 Å². The molecule has 0 saturated heterocycles. The van der Waals surface area contributed by atoms with Gasteiger partial charge in [0.05, 0.1) is 13.2 Å². The first-order chi connectivity index (χ1) is 7.70. The number of halogens is 1. The molecule has 0 aliphatic heterocycles. The van der Waals surface area contributed by atoms with E-state index in [1.807, 2.05) is 6.92 Å². The second-order valence-electron chi connectivity index (χ2n) is 2.89. The van der Waals surface area contributed by atoms with Gasteiger partial charge in [-0.05, 0) is 6.92 Å². The molecule has 6 heteroatoms. The Kier molecular flexibility index (Phi) is 5.01. The van der Waals surface area contributed by atoms with Gasteiger partial charge in [0.1, 0.15) is 28.6 Å². The van der Waals surface area contributed by atoms with Gasteiger partial charge in [0.15, 0.2) is 0 Å². The van der Waals surface area contributed by atoms with Crippen LogP contribution in [0.1, 0.15) is 12.6 Å². The summed E-state index contributed by atoms with van der Waals surface area (Å²) < 4.78 is 5.22. The average molecular weight is 244 g/mol. The number of anilines is 1. The van der Waals surface area contributed by atoms with Crippen LogP contribution in [-0.2, 0) is 4.74 Å². The lowest BCUT2D eigenvalue weighted by Crippen LogP contribution is -2.09. The standard InChI is InChI=1S/C10H14ClN3O2/c1-3-16-7(2)9-8(11)10(12-4-5-15)14-6-13-9/h6,15H,2-5H2,1H3,(H,12,13,14). The van der Waals surface area contributed by atoms with E-state index in [1.54, 1.807) is 0 Å². The number of aliphatic hydroxyl groups excluding tert-OH is 1. The van der Waals surface area contributed by atoms with Crippen LogP contribution in [0, 0.1) is 0 Å². The van der Waals surface area contributed by atoms with Crippen LogP contribution < -0.4 is 5.32 Å². The second-order valence-corrected chi connectivity index (χ2v) is 3.27. The molecule has 1 aromatic heterocycles. The minimum absolute atomic E-state index is 0.00206. The van der Waals surface area contributed by atoms with E-state index in [-0.39, 0.29) is 6.61 Å².